The zero-order chi connectivity index (χ0) is 15.0. The van der Waals surface area contributed by atoms with E-state index in [2.05, 4.69) is 4.98 Å². The van der Waals surface area contributed by atoms with E-state index in [1.165, 1.54) is 22.8 Å². The van der Waals surface area contributed by atoms with Crippen molar-refractivity contribution in [3.8, 4) is 0 Å². The van der Waals surface area contributed by atoms with Crippen LogP contribution >= 0.6 is 11.3 Å². The molecule has 1 aliphatic rings. The second-order valence-electron chi connectivity index (χ2n) is 4.38. The monoisotopic (exact) mass is 312 g/mol. The average Bonchev–Trinajstić information content (AvgIpc) is 3.06. The minimum atomic E-state index is -0.730. The van der Waals surface area contributed by atoms with Crippen LogP contribution in [0.1, 0.15) is 0 Å². The normalized spacial score (nSPS) is 18.9. The van der Waals surface area contributed by atoms with Gasteiger partial charge in [0.2, 0.25) is 5.82 Å². The number of methoxy groups -OCH3 is 1. The first kappa shape index (κ1) is 13.8. The largest absolute Gasteiger partial charge is 0.467 e. The van der Waals surface area contributed by atoms with Gasteiger partial charge in [-0.25, -0.2) is 4.79 Å². The van der Waals surface area contributed by atoms with Crippen molar-refractivity contribution in [2.24, 2.45) is 0 Å². The average molecular weight is 312 g/mol. The van der Waals surface area contributed by atoms with Gasteiger partial charge in [-0.3, -0.25) is 0 Å². The first-order chi connectivity index (χ1) is 10.1. The number of thiazole rings is 1. The van der Waals surface area contributed by atoms with E-state index in [0.717, 1.165) is 0 Å². The fourth-order valence-corrected chi connectivity index (χ4v) is 3.02. The van der Waals surface area contributed by atoms with Crippen LogP contribution in [0, 0.1) is 10.1 Å². The molecule has 0 bridgehead atoms. The van der Waals surface area contributed by atoms with Gasteiger partial charge < -0.3 is 24.5 Å². The van der Waals surface area contributed by atoms with Crippen molar-refractivity contribution in [2.45, 2.75) is 6.04 Å². The minimum absolute atomic E-state index is 0.120. The highest BCUT2D eigenvalue weighted by Crippen LogP contribution is 2.33. The van der Waals surface area contributed by atoms with Crippen LogP contribution in [0.4, 0.5) is 11.6 Å². The number of esters is 1. The van der Waals surface area contributed by atoms with E-state index in [0.29, 0.717) is 18.1 Å². The number of hydrogen-bond acceptors (Lipinski definition) is 8. The van der Waals surface area contributed by atoms with E-state index in [-0.39, 0.29) is 18.2 Å². The van der Waals surface area contributed by atoms with Crippen LogP contribution in [0.25, 0.3) is 4.96 Å². The molecule has 3 rings (SSSR count). The molecule has 0 aliphatic carbocycles. The number of ether oxygens (including phenoxy) is 2. The Labute approximate surface area is 122 Å². The number of nitrogens with zero attached hydrogens (tertiary/aromatic N) is 4. The van der Waals surface area contributed by atoms with Crippen LogP contribution in [-0.2, 0) is 14.3 Å². The number of nitro groups is 1. The molecule has 21 heavy (non-hydrogen) atoms. The molecule has 1 fully saturated rings. The van der Waals surface area contributed by atoms with Gasteiger partial charge in [-0.2, -0.15) is 9.38 Å². The Balaban J connectivity index is 2.08. The lowest BCUT2D eigenvalue weighted by atomic mass is 10.2. The number of morpholine rings is 1. The molecule has 1 atom stereocenters. The molecular weight excluding hydrogens is 300 g/mol. The highest BCUT2D eigenvalue weighted by atomic mass is 32.1. The number of anilines is 1. The van der Waals surface area contributed by atoms with Crippen molar-refractivity contribution < 1.29 is 19.2 Å². The van der Waals surface area contributed by atoms with Crippen molar-refractivity contribution in [2.75, 3.05) is 31.8 Å². The lowest BCUT2D eigenvalue weighted by molar-refractivity contribution is -0.389. The summed E-state index contributed by atoms with van der Waals surface area (Å²) < 4.78 is 11.4. The molecule has 0 saturated carbocycles. The van der Waals surface area contributed by atoms with Gasteiger partial charge in [-0.1, -0.05) is 11.3 Å². The Kier molecular flexibility index (Phi) is 3.47. The summed E-state index contributed by atoms with van der Waals surface area (Å²) in [4.78, 5) is 29.1. The molecule has 0 aromatic carbocycles. The highest BCUT2D eigenvalue weighted by Gasteiger charge is 2.37. The van der Waals surface area contributed by atoms with Gasteiger partial charge in [-0.15, -0.1) is 0 Å². The molecule has 2 aromatic heterocycles. The molecule has 1 aliphatic heterocycles. The second-order valence-corrected chi connectivity index (χ2v) is 5.25. The lowest BCUT2D eigenvalue weighted by Gasteiger charge is -2.33. The van der Waals surface area contributed by atoms with Gasteiger partial charge in [0, 0.05) is 11.9 Å². The van der Waals surface area contributed by atoms with Crippen molar-refractivity contribution in [3.05, 3.63) is 21.7 Å². The Morgan fingerprint density at radius 1 is 1.67 bits per heavy atom. The maximum absolute atomic E-state index is 11.8. The molecule has 0 amide bonds. The fourth-order valence-electron chi connectivity index (χ4n) is 2.31. The summed E-state index contributed by atoms with van der Waals surface area (Å²) >= 11 is 1.29. The first-order valence-electron chi connectivity index (χ1n) is 6.15. The standard InChI is InChI=1S/C11H12N4O5S/c1-19-10(16)7-6-20-4-2-13(7)8-9(15(17)18)14-3-5-21-11(14)12-8/h3,5,7H,2,4,6H2,1H3. The summed E-state index contributed by atoms with van der Waals surface area (Å²) in [6.45, 7) is 0.830. The van der Waals surface area contributed by atoms with Crippen molar-refractivity contribution in [1.29, 1.82) is 0 Å². The predicted molar refractivity (Wildman–Crippen MR) is 73.7 cm³/mol. The highest BCUT2D eigenvalue weighted by molar-refractivity contribution is 7.15. The van der Waals surface area contributed by atoms with Crippen molar-refractivity contribution in [3.63, 3.8) is 0 Å². The van der Waals surface area contributed by atoms with Crippen LogP contribution in [0.2, 0.25) is 0 Å². The number of hydrogen-bond donors (Lipinski definition) is 0. The van der Waals surface area contributed by atoms with Crippen LogP contribution < -0.4 is 4.90 Å². The number of fused-ring (bicyclic) bond motifs is 1. The van der Waals surface area contributed by atoms with Crippen LogP contribution in [0.3, 0.4) is 0 Å². The second kappa shape index (κ2) is 5.30. The van der Waals surface area contributed by atoms with Gasteiger partial charge in [0.05, 0.1) is 20.3 Å². The van der Waals surface area contributed by atoms with E-state index in [9.17, 15) is 14.9 Å². The lowest BCUT2D eigenvalue weighted by Crippen LogP contribution is -2.51. The fraction of sp³-hybridized carbons (Fsp3) is 0.455. The molecule has 3 heterocycles. The minimum Gasteiger partial charge on any atom is -0.467 e. The van der Waals surface area contributed by atoms with Crippen molar-refractivity contribution in [1.82, 2.24) is 9.38 Å². The summed E-state index contributed by atoms with van der Waals surface area (Å²) in [5, 5.41) is 13.1. The number of carbonyl (C=O) groups excluding carboxylic acids is 1. The Morgan fingerprint density at radius 3 is 3.19 bits per heavy atom. The Morgan fingerprint density at radius 2 is 2.48 bits per heavy atom. The molecular formula is C11H12N4O5S. The molecule has 2 aromatic rings. The first-order valence-corrected chi connectivity index (χ1v) is 7.03. The quantitative estimate of drug-likeness (QED) is 0.467. The van der Waals surface area contributed by atoms with Gasteiger partial charge in [0.1, 0.15) is 6.20 Å². The molecule has 1 unspecified atom stereocenters. The zero-order valence-electron chi connectivity index (χ0n) is 11.1. The van der Waals surface area contributed by atoms with Crippen molar-refractivity contribution >= 4 is 33.9 Å². The Bertz CT molecular complexity index is 696. The van der Waals surface area contributed by atoms with Crippen LogP contribution in [0.5, 0.6) is 0 Å². The molecule has 1 saturated heterocycles. The SMILES string of the molecule is COC(=O)C1COCCN1c1nc2sccn2c1[N+](=O)[O-]. The van der Waals surface area contributed by atoms with Gasteiger partial charge in [-0.05, 0) is 4.92 Å². The molecule has 112 valence electrons. The van der Waals surface area contributed by atoms with E-state index < -0.39 is 16.9 Å². The number of aromatic nitrogens is 2. The topological polar surface area (TPSA) is 99.2 Å². The third-order valence-corrected chi connectivity index (χ3v) is 4.02. The molecule has 10 heteroatoms. The summed E-state index contributed by atoms with van der Waals surface area (Å²) in [5.41, 5.74) is 0. The maximum atomic E-state index is 11.8. The number of rotatable bonds is 3. The van der Waals surface area contributed by atoms with Crippen LogP contribution in [-0.4, -0.2) is 53.2 Å². The summed E-state index contributed by atoms with van der Waals surface area (Å²) in [6, 6.07) is -0.730. The van der Waals surface area contributed by atoms with Gasteiger partial charge in [0.25, 0.3) is 4.96 Å². The van der Waals surface area contributed by atoms with E-state index in [4.69, 9.17) is 9.47 Å². The predicted octanol–water partition coefficient (Wildman–Crippen LogP) is 0.682. The number of carbonyl (C=O) groups is 1. The summed E-state index contributed by atoms with van der Waals surface area (Å²) in [5.74, 6) is -0.479. The summed E-state index contributed by atoms with van der Waals surface area (Å²) in [7, 11) is 1.27. The third-order valence-electron chi connectivity index (χ3n) is 3.27. The Hall–Kier alpha value is -2.20. The number of imidazole rings is 1. The van der Waals surface area contributed by atoms with E-state index in [1.54, 1.807) is 16.5 Å². The maximum Gasteiger partial charge on any atom is 0.373 e. The molecule has 0 radical (unpaired) electrons. The van der Waals surface area contributed by atoms with Gasteiger partial charge >= 0.3 is 11.8 Å². The van der Waals surface area contributed by atoms with Crippen LogP contribution in [0.15, 0.2) is 11.6 Å². The zero-order valence-corrected chi connectivity index (χ0v) is 11.9. The van der Waals surface area contributed by atoms with E-state index in [1.807, 2.05) is 0 Å². The molecule has 0 N–H and O–H groups in total. The molecule has 0 spiro atoms. The smallest absolute Gasteiger partial charge is 0.373 e. The summed E-state index contributed by atoms with van der Waals surface area (Å²) in [6.07, 6.45) is 1.59. The van der Waals surface area contributed by atoms with Gasteiger partial charge in [0.15, 0.2) is 6.04 Å². The molecule has 9 nitrogen and oxygen atoms in total. The van der Waals surface area contributed by atoms with E-state index >= 15 is 0 Å². The third kappa shape index (κ3) is 2.21.